The fraction of sp³-hybridized carbons (Fsp3) is 0. The maximum atomic E-state index is 12.9. The zero-order chi connectivity index (χ0) is 19.4. The van der Waals surface area contributed by atoms with Crippen molar-refractivity contribution >= 4 is 43.2 Å². The minimum atomic E-state index is -3.72. The molecule has 0 saturated heterocycles. The average Bonchev–Trinajstić information content (AvgIpc) is 2.64. The van der Waals surface area contributed by atoms with Crippen LogP contribution in [0.1, 0.15) is 10.4 Å². The standard InChI is InChI=1S/C19H14BrFN2O3S/c20-14-3-11-18(12-4-14)27(25,26)23-17-7-1-13(2-8-17)19(24)22-16-9-5-15(21)6-10-16/h1-12,23H,(H,22,24). The van der Waals surface area contributed by atoms with E-state index in [0.717, 1.165) is 4.47 Å². The molecule has 0 aromatic heterocycles. The van der Waals surface area contributed by atoms with Gasteiger partial charge in [-0.3, -0.25) is 9.52 Å². The zero-order valence-electron chi connectivity index (χ0n) is 13.8. The first kappa shape index (κ1) is 19.1. The van der Waals surface area contributed by atoms with Gasteiger partial charge in [-0.1, -0.05) is 15.9 Å². The predicted octanol–water partition coefficient (Wildman–Crippen LogP) is 4.64. The highest BCUT2D eigenvalue weighted by atomic mass is 79.9. The van der Waals surface area contributed by atoms with E-state index in [1.54, 1.807) is 12.1 Å². The number of nitrogens with one attached hydrogen (secondary N) is 2. The second kappa shape index (κ2) is 7.89. The lowest BCUT2D eigenvalue weighted by Gasteiger charge is -2.09. The van der Waals surface area contributed by atoms with Crippen LogP contribution in [0.2, 0.25) is 0 Å². The molecule has 0 saturated carbocycles. The summed E-state index contributed by atoms with van der Waals surface area (Å²) in [5, 5.41) is 2.64. The third-order valence-corrected chi connectivity index (χ3v) is 5.55. The third kappa shape index (κ3) is 4.93. The summed E-state index contributed by atoms with van der Waals surface area (Å²) in [7, 11) is -3.72. The molecule has 0 aliphatic heterocycles. The van der Waals surface area contributed by atoms with Crippen molar-refractivity contribution in [2.75, 3.05) is 10.0 Å². The van der Waals surface area contributed by atoms with Gasteiger partial charge in [0.1, 0.15) is 5.82 Å². The number of hydrogen-bond donors (Lipinski definition) is 2. The molecule has 0 heterocycles. The highest BCUT2D eigenvalue weighted by Crippen LogP contribution is 2.19. The number of carbonyl (C=O) groups excluding carboxylic acids is 1. The molecule has 3 rings (SSSR count). The van der Waals surface area contributed by atoms with Crippen molar-refractivity contribution in [3.63, 3.8) is 0 Å². The Morgan fingerprint density at radius 1 is 0.815 bits per heavy atom. The number of benzene rings is 3. The number of rotatable bonds is 5. The first-order valence-corrected chi connectivity index (χ1v) is 10.1. The molecule has 3 aromatic carbocycles. The van der Waals surface area contributed by atoms with Crippen LogP contribution >= 0.6 is 15.9 Å². The maximum absolute atomic E-state index is 12.9. The number of halogens is 2. The Balaban J connectivity index is 1.70. The van der Waals surface area contributed by atoms with Gasteiger partial charge in [0, 0.05) is 21.4 Å². The van der Waals surface area contributed by atoms with Gasteiger partial charge in [0.25, 0.3) is 15.9 Å². The number of hydrogen-bond acceptors (Lipinski definition) is 3. The average molecular weight is 449 g/mol. The predicted molar refractivity (Wildman–Crippen MR) is 106 cm³/mol. The van der Waals surface area contributed by atoms with Crippen LogP contribution in [0.5, 0.6) is 0 Å². The quantitative estimate of drug-likeness (QED) is 0.596. The van der Waals surface area contributed by atoms with Gasteiger partial charge < -0.3 is 5.32 Å². The minimum Gasteiger partial charge on any atom is -0.322 e. The van der Waals surface area contributed by atoms with Gasteiger partial charge in [0.15, 0.2) is 0 Å². The first-order chi connectivity index (χ1) is 12.8. The summed E-state index contributed by atoms with van der Waals surface area (Å²) in [5.41, 5.74) is 1.13. The molecule has 0 fully saturated rings. The molecule has 0 unspecified atom stereocenters. The van der Waals surface area contributed by atoms with E-state index in [2.05, 4.69) is 26.0 Å². The van der Waals surface area contributed by atoms with Crippen LogP contribution in [0.15, 0.2) is 82.2 Å². The van der Waals surface area contributed by atoms with Crippen LogP contribution in [0.3, 0.4) is 0 Å². The minimum absolute atomic E-state index is 0.129. The Morgan fingerprint density at radius 3 is 1.96 bits per heavy atom. The number of sulfonamides is 1. The van der Waals surface area contributed by atoms with Crippen molar-refractivity contribution in [3.05, 3.63) is 88.6 Å². The van der Waals surface area contributed by atoms with E-state index in [4.69, 9.17) is 0 Å². The van der Waals surface area contributed by atoms with Gasteiger partial charge in [-0.05, 0) is 72.8 Å². The molecule has 1 amide bonds. The van der Waals surface area contributed by atoms with Gasteiger partial charge >= 0.3 is 0 Å². The van der Waals surface area contributed by atoms with Crippen LogP contribution in [0.4, 0.5) is 15.8 Å². The summed E-state index contributed by atoms with van der Waals surface area (Å²) in [6.07, 6.45) is 0. The summed E-state index contributed by atoms with van der Waals surface area (Å²) in [5.74, 6) is -0.778. The molecule has 8 heteroatoms. The van der Waals surface area contributed by atoms with E-state index in [0.29, 0.717) is 16.9 Å². The molecule has 27 heavy (non-hydrogen) atoms. The highest BCUT2D eigenvalue weighted by Gasteiger charge is 2.14. The number of amides is 1. The molecule has 0 atom stereocenters. The van der Waals surface area contributed by atoms with Crippen LogP contribution in [0.25, 0.3) is 0 Å². The van der Waals surface area contributed by atoms with Gasteiger partial charge in [0.2, 0.25) is 0 Å². The van der Waals surface area contributed by atoms with Crippen molar-refractivity contribution in [3.8, 4) is 0 Å². The molecule has 138 valence electrons. The zero-order valence-corrected chi connectivity index (χ0v) is 16.2. The largest absolute Gasteiger partial charge is 0.322 e. The molecule has 0 radical (unpaired) electrons. The van der Waals surface area contributed by atoms with Gasteiger partial charge in [-0.25, -0.2) is 12.8 Å². The van der Waals surface area contributed by atoms with Crippen molar-refractivity contribution in [1.82, 2.24) is 0 Å². The van der Waals surface area contributed by atoms with Gasteiger partial charge in [0.05, 0.1) is 4.90 Å². The first-order valence-electron chi connectivity index (χ1n) is 7.79. The molecule has 3 aromatic rings. The second-order valence-corrected chi connectivity index (χ2v) is 8.20. The Bertz CT molecular complexity index is 1050. The van der Waals surface area contributed by atoms with Gasteiger partial charge in [-0.15, -0.1) is 0 Å². The fourth-order valence-corrected chi connectivity index (χ4v) is 3.58. The SMILES string of the molecule is O=C(Nc1ccc(F)cc1)c1ccc(NS(=O)(=O)c2ccc(Br)cc2)cc1. The Kier molecular flexibility index (Phi) is 5.57. The lowest BCUT2D eigenvalue weighted by atomic mass is 10.2. The van der Waals surface area contributed by atoms with E-state index in [1.165, 1.54) is 60.7 Å². The highest BCUT2D eigenvalue weighted by molar-refractivity contribution is 9.10. The third-order valence-electron chi connectivity index (χ3n) is 3.63. The molecule has 0 aliphatic carbocycles. The Labute approximate surface area is 164 Å². The lowest BCUT2D eigenvalue weighted by molar-refractivity contribution is 0.102. The van der Waals surface area contributed by atoms with E-state index in [-0.39, 0.29) is 10.8 Å². The van der Waals surface area contributed by atoms with Crippen LogP contribution in [0, 0.1) is 5.82 Å². The van der Waals surface area contributed by atoms with E-state index in [1.807, 2.05) is 0 Å². The van der Waals surface area contributed by atoms with E-state index in [9.17, 15) is 17.6 Å². The number of carbonyl (C=O) groups is 1. The van der Waals surface area contributed by atoms with Crippen molar-refractivity contribution in [2.24, 2.45) is 0 Å². The molecule has 0 bridgehead atoms. The maximum Gasteiger partial charge on any atom is 0.261 e. The summed E-state index contributed by atoms with van der Waals surface area (Å²) < 4.78 is 40.9. The molecular weight excluding hydrogens is 435 g/mol. The molecule has 5 nitrogen and oxygen atoms in total. The Hall–Kier alpha value is -2.71. The van der Waals surface area contributed by atoms with Crippen molar-refractivity contribution < 1.29 is 17.6 Å². The van der Waals surface area contributed by atoms with Crippen molar-refractivity contribution in [1.29, 1.82) is 0 Å². The Morgan fingerprint density at radius 2 is 1.37 bits per heavy atom. The summed E-state index contributed by atoms with van der Waals surface area (Å²) in [4.78, 5) is 12.3. The monoisotopic (exact) mass is 448 g/mol. The van der Waals surface area contributed by atoms with Crippen LogP contribution < -0.4 is 10.0 Å². The van der Waals surface area contributed by atoms with E-state index >= 15 is 0 Å². The normalized spacial score (nSPS) is 11.0. The second-order valence-electron chi connectivity index (χ2n) is 5.60. The lowest BCUT2D eigenvalue weighted by Crippen LogP contribution is -2.14. The van der Waals surface area contributed by atoms with E-state index < -0.39 is 15.8 Å². The topological polar surface area (TPSA) is 75.3 Å². The molecule has 0 aliphatic rings. The summed E-state index contributed by atoms with van der Waals surface area (Å²) >= 11 is 3.26. The summed E-state index contributed by atoms with van der Waals surface area (Å²) in [6, 6.07) is 17.6. The van der Waals surface area contributed by atoms with Crippen LogP contribution in [-0.4, -0.2) is 14.3 Å². The fourth-order valence-electron chi connectivity index (χ4n) is 2.25. The molecular formula is C19H14BrFN2O3S. The summed E-state index contributed by atoms with van der Waals surface area (Å²) in [6.45, 7) is 0. The van der Waals surface area contributed by atoms with Crippen LogP contribution in [-0.2, 0) is 10.0 Å². The number of anilines is 2. The van der Waals surface area contributed by atoms with Crippen molar-refractivity contribution in [2.45, 2.75) is 4.90 Å². The smallest absolute Gasteiger partial charge is 0.261 e. The molecule has 0 spiro atoms. The van der Waals surface area contributed by atoms with Gasteiger partial charge in [-0.2, -0.15) is 0 Å². The molecule has 2 N–H and O–H groups in total.